The topological polar surface area (TPSA) is 76.4 Å². The fourth-order valence-electron chi connectivity index (χ4n) is 3.40. The molecule has 2 rings (SSSR count). The van der Waals surface area contributed by atoms with E-state index in [0.29, 0.717) is 12.6 Å². The zero-order chi connectivity index (χ0) is 18.8. The van der Waals surface area contributed by atoms with Crippen molar-refractivity contribution in [2.24, 2.45) is 18.0 Å². The van der Waals surface area contributed by atoms with Crippen molar-refractivity contribution in [3.05, 3.63) is 11.6 Å². The van der Waals surface area contributed by atoms with E-state index in [1.807, 2.05) is 25.5 Å². The van der Waals surface area contributed by atoms with E-state index in [0.717, 1.165) is 49.7 Å². The zero-order valence-electron chi connectivity index (χ0n) is 17.3. The number of hydrogen-bond donors (Lipinski definition) is 2. The monoisotopic (exact) mass is 492 g/mol. The van der Waals surface area contributed by atoms with Crippen LogP contribution in [-0.4, -0.2) is 46.5 Å². The highest BCUT2D eigenvalue weighted by Crippen LogP contribution is 2.26. The van der Waals surface area contributed by atoms with E-state index < -0.39 is 0 Å². The van der Waals surface area contributed by atoms with Gasteiger partial charge in [-0.05, 0) is 39.0 Å². The second-order valence-corrected chi connectivity index (χ2v) is 7.15. The number of nitrogens with one attached hydrogen (secondary N) is 2. The Morgan fingerprint density at radius 3 is 2.78 bits per heavy atom. The molecule has 0 amide bonds. The van der Waals surface area contributed by atoms with Crippen molar-refractivity contribution in [3.8, 4) is 0 Å². The summed E-state index contributed by atoms with van der Waals surface area (Å²) in [5, 5.41) is 15.4. The van der Waals surface area contributed by atoms with E-state index in [1.54, 1.807) is 0 Å². The van der Waals surface area contributed by atoms with Crippen LogP contribution in [-0.2, 0) is 18.3 Å². The van der Waals surface area contributed by atoms with Crippen molar-refractivity contribution >= 4 is 29.9 Å². The molecule has 156 valence electrons. The number of aromatic nitrogens is 3. The van der Waals surface area contributed by atoms with Gasteiger partial charge in [0.05, 0.1) is 0 Å². The van der Waals surface area contributed by atoms with Crippen LogP contribution in [0.15, 0.2) is 4.99 Å². The largest absolute Gasteiger partial charge is 0.382 e. The van der Waals surface area contributed by atoms with Crippen LogP contribution >= 0.6 is 24.0 Å². The van der Waals surface area contributed by atoms with Crippen LogP contribution in [0.3, 0.4) is 0 Å². The minimum absolute atomic E-state index is 0. The van der Waals surface area contributed by atoms with Crippen LogP contribution in [0.25, 0.3) is 0 Å². The summed E-state index contributed by atoms with van der Waals surface area (Å²) in [5.74, 6) is 3.51. The molecule has 1 aliphatic carbocycles. The standard InChI is InChI=1S/C19H36N6O.HI/c1-5-16-9-7-10-17(13-16)22-19(20-11-8-12-26-6-2)21-14-18-24-23-15(3)25(18)4;/h16-17H,5-14H2,1-4H3,(H2,20,21,22);1H. The van der Waals surface area contributed by atoms with Crippen molar-refractivity contribution in [3.63, 3.8) is 0 Å². The molecule has 0 aliphatic heterocycles. The molecule has 7 nitrogen and oxygen atoms in total. The number of hydrogen-bond acceptors (Lipinski definition) is 4. The molecule has 1 aliphatic rings. The highest BCUT2D eigenvalue weighted by Gasteiger charge is 2.21. The lowest BCUT2D eigenvalue weighted by Crippen LogP contribution is -2.45. The number of rotatable bonds is 9. The zero-order valence-corrected chi connectivity index (χ0v) is 19.7. The minimum atomic E-state index is 0. The van der Waals surface area contributed by atoms with Gasteiger partial charge in [-0.25, -0.2) is 4.99 Å². The number of guanidine groups is 1. The van der Waals surface area contributed by atoms with Gasteiger partial charge in [0.2, 0.25) is 0 Å². The van der Waals surface area contributed by atoms with E-state index in [1.165, 1.54) is 32.1 Å². The van der Waals surface area contributed by atoms with Gasteiger partial charge in [-0.15, -0.1) is 34.2 Å². The smallest absolute Gasteiger partial charge is 0.191 e. The summed E-state index contributed by atoms with van der Waals surface area (Å²) in [4.78, 5) is 4.76. The molecule has 0 radical (unpaired) electrons. The Morgan fingerprint density at radius 1 is 1.30 bits per heavy atom. The van der Waals surface area contributed by atoms with Gasteiger partial charge in [-0.2, -0.15) is 0 Å². The Morgan fingerprint density at radius 2 is 2.11 bits per heavy atom. The van der Waals surface area contributed by atoms with Crippen molar-refractivity contribution in [2.75, 3.05) is 19.8 Å². The molecule has 27 heavy (non-hydrogen) atoms. The van der Waals surface area contributed by atoms with E-state index >= 15 is 0 Å². The minimum Gasteiger partial charge on any atom is -0.382 e. The van der Waals surface area contributed by atoms with Crippen LogP contribution in [0.4, 0.5) is 0 Å². The second-order valence-electron chi connectivity index (χ2n) is 7.15. The van der Waals surface area contributed by atoms with E-state index in [-0.39, 0.29) is 24.0 Å². The fourth-order valence-corrected chi connectivity index (χ4v) is 3.40. The lowest BCUT2D eigenvalue weighted by atomic mass is 9.84. The maximum atomic E-state index is 5.42. The molecule has 2 N–H and O–H groups in total. The third-order valence-corrected chi connectivity index (χ3v) is 5.22. The van der Waals surface area contributed by atoms with Gasteiger partial charge >= 0.3 is 0 Å². The molecule has 0 spiro atoms. The lowest BCUT2D eigenvalue weighted by Gasteiger charge is -2.30. The first-order valence-corrected chi connectivity index (χ1v) is 10.1. The average molecular weight is 492 g/mol. The molecule has 0 bridgehead atoms. The predicted molar refractivity (Wildman–Crippen MR) is 121 cm³/mol. The first-order chi connectivity index (χ1) is 12.6. The molecule has 2 atom stereocenters. The number of halogens is 1. The molecule has 8 heteroatoms. The lowest BCUT2D eigenvalue weighted by molar-refractivity contribution is 0.145. The number of aryl methyl sites for hydroxylation is 1. The maximum absolute atomic E-state index is 5.42. The Balaban J connectivity index is 0.00000364. The Bertz CT molecular complexity index is 562. The van der Waals surface area contributed by atoms with Gasteiger partial charge < -0.3 is 19.9 Å². The molecular formula is C19H37IN6O. The number of ether oxygens (including phenoxy) is 1. The molecule has 1 saturated carbocycles. The first kappa shape index (κ1) is 24.1. The molecule has 2 unspecified atom stereocenters. The third-order valence-electron chi connectivity index (χ3n) is 5.22. The maximum Gasteiger partial charge on any atom is 0.191 e. The average Bonchev–Trinajstić information content (AvgIpc) is 2.98. The van der Waals surface area contributed by atoms with E-state index in [9.17, 15) is 0 Å². The van der Waals surface area contributed by atoms with Crippen LogP contribution in [0.5, 0.6) is 0 Å². The van der Waals surface area contributed by atoms with Crippen LogP contribution < -0.4 is 10.6 Å². The Kier molecular flexibility index (Phi) is 11.9. The van der Waals surface area contributed by atoms with E-state index in [4.69, 9.17) is 9.73 Å². The first-order valence-electron chi connectivity index (χ1n) is 10.1. The van der Waals surface area contributed by atoms with Crippen molar-refractivity contribution in [2.45, 2.75) is 71.9 Å². The van der Waals surface area contributed by atoms with Gasteiger partial charge in [0.15, 0.2) is 11.8 Å². The molecule has 1 heterocycles. The summed E-state index contributed by atoms with van der Waals surface area (Å²) in [6.45, 7) is 9.21. The summed E-state index contributed by atoms with van der Waals surface area (Å²) in [6.07, 6.45) is 7.36. The quantitative estimate of drug-likeness (QED) is 0.240. The summed E-state index contributed by atoms with van der Waals surface area (Å²) in [6, 6.07) is 0.507. The van der Waals surface area contributed by atoms with Crippen molar-refractivity contribution < 1.29 is 4.74 Å². The van der Waals surface area contributed by atoms with Gasteiger partial charge in [0, 0.05) is 32.8 Å². The number of aliphatic imine (C=N–C) groups is 1. The Hall–Kier alpha value is -0.900. The van der Waals surface area contributed by atoms with E-state index in [2.05, 4.69) is 27.8 Å². The highest BCUT2D eigenvalue weighted by atomic mass is 127. The Labute approximate surface area is 181 Å². The SMILES string of the molecule is CCOCCCNC(=NCc1nnc(C)n1C)NC1CCCC(CC)C1.I. The fraction of sp³-hybridized carbons (Fsp3) is 0.842. The normalized spacial score (nSPS) is 20.2. The van der Waals surface area contributed by atoms with Crippen LogP contribution in [0, 0.1) is 12.8 Å². The van der Waals surface area contributed by atoms with Crippen LogP contribution in [0.1, 0.15) is 64.0 Å². The van der Waals surface area contributed by atoms with Gasteiger partial charge in [0.1, 0.15) is 12.4 Å². The van der Waals surface area contributed by atoms with Crippen molar-refractivity contribution in [1.29, 1.82) is 0 Å². The highest BCUT2D eigenvalue weighted by molar-refractivity contribution is 14.0. The second kappa shape index (κ2) is 13.3. The third kappa shape index (κ3) is 8.33. The molecule has 0 aromatic carbocycles. The molecule has 1 aromatic rings. The molecule has 0 saturated heterocycles. The van der Waals surface area contributed by atoms with Crippen molar-refractivity contribution in [1.82, 2.24) is 25.4 Å². The molecule has 1 aromatic heterocycles. The molecular weight excluding hydrogens is 455 g/mol. The summed E-state index contributed by atoms with van der Waals surface area (Å²) in [5.41, 5.74) is 0. The number of nitrogens with zero attached hydrogens (tertiary/aromatic N) is 4. The molecule has 1 fully saturated rings. The van der Waals surface area contributed by atoms with Gasteiger partial charge in [-0.1, -0.05) is 26.2 Å². The summed E-state index contributed by atoms with van der Waals surface area (Å²) in [7, 11) is 1.98. The van der Waals surface area contributed by atoms with Crippen LogP contribution in [0.2, 0.25) is 0 Å². The predicted octanol–water partition coefficient (Wildman–Crippen LogP) is 3.17. The summed E-state index contributed by atoms with van der Waals surface area (Å²) < 4.78 is 7.41. The van der Waals surface area contributed by atoms with Gasteiger partial charge in [0.25, 0.3) is 0 Å². The van der Waals surface area contributed by atoms with Gasteiger partial charge in [-0.3, -0.25) is 0 Å². The summed E-state index contributed by atoms with van der Waals surface area (Å²) >= 11 is 0.